The quantitative estimate of drug-likeness (QED) is 0.563. The molecular weight excluding hydrogens is 382 g/mol. The molecule has 1 N–H and O–H groups in total. The zero-order valence-corrected chi connectivity index (χ0v) is 18.1. The number of ether oxygens (including phenoxy) is 3. The smallest absolute Gasteiger partial charge is 0.338 e. The van der Waals surface area contributed by atoms with Crippen LogP contribution in [0.4, 0.5) is 0 Å². The van der Waals surface area contributed by atoms with E-state index in [0.29, 0.717) is 29.6 Å². The van der Waals surface area contributed by atoms with Gasteiger partial charge in [0.25, 0.3) is 5.91 Å². The number of carbonyl (C=O) groups is 2. The van der Waals surface area contributed by atoms with Crippen molar-refractivity contribution in [1.82, 2.24) is 5.32 Å². The summed E-state index contributed by atoms with van der Waals surface area (Å²) in [6.07, 6.45) is 1.67. The number of esters is 1. The van der Waals surface area contributed by atoms with Crippen LogP contribution in [-0.2, 0) is 16.0 Å². The molecule has 1 amide bonds. The maximum absolute atomic E-state index is 12.3. The van der Waals surface area contributed by atoms with Crippen molar-refractivity contribution in [3.8, 4) is 11.5 Å². The van der Waals surface area contributed by atoms with Crippen LogP contribution in [0.5, 0.6) is 11.5 Å². The predicted octanol–water partition coefficient (Wildman–Crippen LogP) is 4.02. The van der Waals surface area contributed by atoms with Gasteiger partial charge in [0.15, 0.2) is 18.1 Å². The number of nitrogens with one attached hydrogen (secondary N) is 1. The van der Waals surface area contributed by atoms with Crippen molar-refractivity contribution in [1.29, 1.82) is 0 Å². The molecule has 2 aromatic rings. The fourth-order valence-corrected chi connectivity index (χ4v) is 2.80. The van der Waals surface area contributed by atoms with E-state index in [-0.39, 0.29) is 18.6 Å². The van der Waals surface area contributed by atoms with Crippen LogP contribution in [0.3, 0.4) is 0 Å². The second-order valence-corrected chi connectivity index (χ2v) is 7.64. The molecule has 162 valence electrons. The summed E-state index contributed by atoms with van der Waals surface area (Å²) in [5, 5.41) is 2.86. The Kier molecular flexibility index (Phi) is 9.19. The van der Waals surface area contributed by atoms with Crippen molar-refractivity contribution in [3.63, 3.8) is 0 Å². The molecule has 0 aromatic heterocycles. The van der Waals surface area contributed by atoms with Crippen molar-refractivity contribution in [2.75, 3.05) is 20.3 Å². The Morgan fingerprint density at radius 1 is 1.00 bits per heavy atom. The lowest BCUT2D eigenvalue weighted by Crippen LogP contribution is -2.36. The predicted molar refractivity (Wildman–Crippen MR) is 116 cm³/mol. The minimum Gasteiger partial charge on any atom is -0.493 e. The lowest BCUT2D eigenvalue weighted by Gasteiger charge is -2.15. The molecule has 6 heteroatoms. The Morgan fingerprint density at radius 2 is 1.73 bits per heavy atom. The van der Waals surface area contributed by atoms with Gasteiger partial charge in [0, 0.05) is 6.04 Å². The highest BCUT2D eigenvalue weighted by atomic mass is 16.5. The summed E-state index contributed by atoms with van der Waals surface area (Å²) in [4.78, 5) is 24.4. The van der Waals surface area contributed by atoms with Crippen molar-refractivity contribution in [2.24, 2.45) is 5.92 Å². The molecule has 0 aliphatic carbocycles. The second-order valence-electron chi connectivity index (χ2n) is 7.64. The van der Waals surface area contributed by atoms with Gasteiger partial charge in [-0.25, -0.2) is 4.79 Å². The SMILES string of the molecule is COc1cc(C(=O)OCC(=O)N[C@H](C)CCc2ccccc2)ccc1OCC(C)C. The van der Waals surface area contributed by atoms with Gasteiger partial charge in [-0.1, -0.05) is 44.2 Å². The molecule has 0 spiro atoms. The number of hydrogen-bond donors (Lipinski definition) is 1. The number of methoxy groups -OCH3 is 1. The first-order chi connectivity index (χ1) is 14.4. The molecule has 0 radical (unpaired) electrons. The second kappa shape index (κ2) is 11.9. The van der Waals surface area contributed by atoms with Crippen LogP contribution < -0.4 is 14.8 Å². The molecule has 0 unspecified atom stereocenters. The number of benzene rings is 2. The number of carbonyl (C=O) groups excluding carboxylic acids is 2. The molecule has 0 aliphatic rings. The lowest BCUT2D eigenvalue weighted by molar-refractivity contribution is -0.124. The Hall–Kier alpha value is -3.02. The van der Waals surface area contributed by atoms with Crippen molar-refractivity contribution in [3.05, 3.63) is 59.7 Å². The summed E-state index contributed by atoms with van der Waals surface area (Å²) in [5.74, 6) is 0.466. The van der Waals surface area contributed by atoms with E-state index < -0.39 is 5.97 Å². The molecule has 0 heterocycles. The Morgan fingerprint density at radius 3 is 2.40 bits per heavy atom. The highest BCUT2D eigenvalue weighted by Gasteiger charge is 2.15. The van der Waals surface area contributed by atoms with Crippen molar-refractivity contribution >= 4 is 11.9 Å². The molecule has 0 bridgehead atoms. The van der Waals surface area contributed by atoms with Crippen molar-refractivity contribution in [2.45, 2.75) is 39.7 Å². The minimum absolute atomic E-state index is 0.0195. The third kappa shape index (κ3) is 7.78. The van der Waals surface area contributed by atoms with Crippen LogP contribution >= 0.6 is 0 Å². The van der Waals surface area contributed by atoms with E-state index in [9.17, 15) is 9.59 Å². The zero-order valence-electron chi connectivity index (χ0n) is 18.1. The molecule has 2 aromatic carbocycles. The maximum Gasteiger partial charge on any atom is 0.338 e. The number of amides is 1. The molecule has 0 saturated heterocycles. The summed E-state index contributed by atoms with van der Waals surface area (Å²) in [6.45, 7) is 6.24. The van der Waals surface area contributed by atoms with Gasteiger partial charge in [-0.3, -0.25) is 4.79 Å². The largest absolute Gasteiger partial charge is 0.493 e. The van der Waals surface area contributed by atoms with Gasteiger partial charge >= 0.3 is 5.97 Å². The van der Waals surface area contributed by atoms with Gasteiger partial charge in [0.05, 0.1) is 19.3 Å². The van der Waals surface area contributed by atoms with E-state index in [4.69, 9.17) is 14.2 Å². The van der Waals surface area contributed by atoms with E-state index >= 15 is 0 Å². The van der Waals surface area contributed by atoms with Gasteiger partial charge in [-0.2, -0.15) is 0 Å². The first-order valence-electron chi connectivity index (χ1n) is 10.2. The lowest BCUT2D eigenvalue weighted by atomic mass is 10.1. The number of rotatable bonds is 11. The standard InChI is InChI=1S/C24H31NO5/c1-17(2)15-29-21-13-12-20(14-22(21)28-4)24(27)30-16-23(26)25-18(3)10-11-19-8-6-5-7-9-19/h5-9,12-14,17-18H,10-11,15-16H2,1-4H3,(H,25,26)/t18-/m1/s1. The molecule has 6 nitrogen and oxygen atoms in total. The molecule has 2 rings (SSSR count). The number of aryl methyl sites for hydroxylation is 1. The summed E-state index contributed by atoms with van der Waals surface area (Å²) in [7, 11) is 1.51. The van der Waals surface area contributed by atoms with Gasteiger partial charge < -0.3 is 19.5 Å². The average Bonchev–Trinajstić information content (AvgIpc) is 2.75. The maximum atomic E-state index is 12.3. The molecule has 30 heavy (non-hydrogen) atoms. The zero-order chi connectivity index (χ0) is 21.9. The van der Waals surface area contributed by atoms with Gasteiger partial charge in [0.2, 0.25) is 0 Å². The summed E-state index contributed by atoms with van der Waals surface area (Å²) >= 11 is 0. The highest BCUT2D eigenvalue weighted by molar-refractivity contribution is 5.92. The van der Waals surface area contributed by atoms with E-state index in [2.05, 4.69) is 17.4 Å². The Labute approximate surface area is 178 Å². The summed E-state index contributed by atoms with van der Waals surface area (Å²) in [6, 6.07) is 14.9. The third-order valence-electron chi connectivity index (χ3n) is 4.42. The molecule has 0 fully saturated rings. The minimum atomic E-state index is -0.587. The van der Waals surface area contributed by atoms with E-state index in [1.807, 2.05) is 39.0 Å². The van der Waals surface area contributed by atoms with Crippen LogP contribution in [0.15, 0.2) is 48.5 Å². The van der Waals surface area contributed by atoms with Crippen LogP contribution in [0.25, 0.3) is 0 Å². The third-order valence-corrected chi connectivity index (χ3v) is 4.42. The first-order valence-corrected chi connectivity index (χ1v) is 10.2. The van der Waals surface area contributed by atoms with Crippen LogP contribution in [0, 0.1) is 5.92 Å². The normalized spacial score (nSPS) is 11.6. The van der Waals surface area contributed by atoms with E-state index in [1.54, 1.807) is 18.2 Å². The summed E-state index contributed by atoms with van der Waals surface area (Å²) < 4.78 is 16.1. The van der Waals surface area contributed by atoms with Gasteiger partial charge in [0.1, 0.15) is 0 Å². The van der Waals surface area contributed by atoms with Crippen molar-refractivity contribution < 1.29 is 23.8 Å². The Bertz CT molecular complexity index is 820. The van der Waals surface area contributed by atoms with Crippen LogP contribution in [0.1, 0.15) is 43.1 Å². The monoisotopic (exact) mass is 413 g/mol. The average molecular weight is 414 g/mol. The topological polar surface area (TPSA) is 73.9 Å². The molecule has 0 aliphatic heterocycles. The number of hydrogen-bond acceptors (Lipinski definition) is 5. The van der Waals surface area contributed by atoms with Crippen LogP contribution in [0.2, 0.25) is 0 Å². The van der Waals surface area contributed by atoms with Gasteiger partial charge in [-0.15, -0.1) is 0 Å². The highest BCUT2D eigenvalue weighted by Crippen LogP contribution is 2.28. The molecule has 1 atom stereocenters. The van der Waals surface area contributed by atoms with E-state index in [0.717, 1.165) is 12.8 Å². The van der Waals surface area contributed by atoms with E-state index in [1.165, 1.54) is 12.7 Å². The molecule has 0 saturated carbocycles. The molecular formula is C24H31NO5. The first kappa shape index (κ1) is 23.3. The fraction of sp³-hybridized carbons (Fsp3) is 0.417. The summed E-state index contributed by atoms with van der Waals surface area (Å²) in [5.41, 5.74) is 1.52. The fourth-order valence-electron chi connectivity index (χ4n) is 2.80. The van der Waals surface area contributed by atoms with Crippen LogP contribution in [-0.4, -0.2) is 38.2 Å². The Balaban J connectivity index is 1.80. The van der Waals surface area contributed by atoms with Gasteiger partial charge in [-0.05, 0) is 49.4 Å².